The van der Waals surface area contributed by atoms with Crippen molar-refractivity contribution >= 4 is 11.9 Å². The zero-order chi connectivity index (χ0) is 9.97. The molecule has 14 heavy (non-hydrogen) atoms. The van der Waals surface area contributed by atoms with Crippen LogP contribution in [0.2, 0.25) is 0 Å². The van der Waals surface area contributed by atoms with E-state index in [-0.39, 0.29) is 0 Å². The van der Waals surface area contributed by atoms with Gasteiger partial charge in [0.1, 0.15) is 0 Å². The molecular weight excluding hydrogens is 180 g/mol. The number of nitrogens with two attached hydrogens (primary N) is 1. The summed E-state index contributed by atoms with van der Waals surface area (Å²) in [6.45, 7) is 1.86. The minimum atomic E-state index is 0.350. The number of H-pyrrole nitrogens is 1. The zero-order valence-electron chi connectivity index (χ0n) is 8.32. The SMILES string of the molecule is CN(CCNc1n[nH]c(N)n1)C1CC1. The number of nitrogens with zero attached hydrogens (tertiary/aromatic N) is 3. The van der Waals surface area contributed by atoms with Crippen molar-refractivity contribution in [3.8, 4) is 0 Å². The normalized spacial score (nSPS) is 16.1. The maximum Gasteiger partial charge on any atom is 0.243 e. The monoisotopic (exact) mass is 196 g/mol. The first kappa shape index (κ1) is 9.26. The van der Waals surface area contributed by atoms with Crippen LogP contribution in [-0.2, 0) is 0 Å². The first-order chi connectivity index (χ1) is 6.75. The molecule has 0 atom stereocenters. The molecule has 0 aliphatic heterocycles. The fourth-order valence-corrected chi connectivity index (χ4v) is 1.40. The average Bonchev–Trinajstić information content (AvgIpc) is 2.92. The van der Waals surface area contributed by atoms with E-state index in [1.807, 2.05) is 0 Å². The third kappa shape index (κ3) is 2.35. The molecule has 1 aromatic rings. The molecule has 0 aromatic carbocycles. The van der Waals surface area contributed by atoms with Crippen molar-refractivity contribution in [3.63, 3.8) is 0 Å². The quantitative estimate of drug-likeness (QED) is 0.612. The fraction of sp³-hybridized carbons (Fsp3) is 0.750. The van der Waals surface area contributed by atoms with Crippen LogP contribution in [-0.4, -0.2) is 46.3 Å². The van der Waals surface area contributed by atoms with Gasteiger partial charge in [0.05, 0.1) is 0 Å². The van der Waals surface area contributed by atoms with Gasteiger partial charge in [0.25, 0.3) is 0 Å². The van der Waals surface area contributed by atoms with Crippen LogP contribution in [0.15, 0.2) is 0 Å². The molecule has 1 fully saturated rings. The molecule has 1 aliphatic rings. The van der Waals surface area contributed by atoms with Gasteiger partial charge in [0.2, 0.25) is 11.9 Å². The smallest absolute Gasteiger partial charge is 0.243 e. The van der Waals surface area contributed by atoms with Gasteiger partial charge < -0.3 is 16.0 Å². The number of rotatable bonds is 5. The molecule has 4 N–H and O–H groups in total. The van der Waals surface area contributed by atoms with Crippen LogP contribution < -0.4 is 11.1 Å². The van der Waals surface area contributed by atoms with E-state index in [9.17, 15) is 0 Å². The molecule has 0 saturated heterocycles. The van der Waals surface area contributed by atoms with Crippen LogP contribution in [0.5, 0.6) is 0 Å². The van der Waals surface area contributed by atoms with Crippen LogP contribution in [0.4, 0.5) is 11.9 Å². The molecule has 0 bridgehead atoms. The van der Waals surface area contributed by atoms with Gasteiger partial charge in [-0.1, -0.05) is 0 Å². The molecule has 78 valence electrons. The van der Waals surface area contributed by atoms with Crippen molar-refractivity contribution in [1.82, 2.24) is 20.1 Å². The molecule has 1 aliphatic carbocycles. The lowest BCUT2D eigenvalue weighted by atomic mass is 10.5. The van der Waals surface area contributed by atoms with E-state index in [0.717, 1.165) is 19.1 Å². The van der Waals surface area contributed by atoms with Crippen LogP contribution >= 0.6 is 0 Å². The van der Waals surface area contributed by atoms with E-state index in [0.29, 0.717) is 11.9 Å². The predicted octanol–water partition coefficient (Wildman–Crippen LogP) is -0.107. The van der Waals surface area contributed by atoms with Gasteiger partial charge in [0.15, 0.2) is 0 Å². The lowest BCUT2D eigenvalue weighted by Crippen LogP contribution is -2.27. The first-order valence-corrected chi connectivity index (χ1v) is 4.87. The highest BCUT2D eigenvalue weighted by atomic mass is 15.3. The van der Waals surface area contributed by atoms with E-state index in [2.05, 4.69) is 32.4 Å². The maximum absolute atomic E-state index is 5.39. The maximum atomic E-state index is 5.39. The third-order valence-corrected chi connectivity index (χ3v) is 2.42. The minimum Gasteiger partial charge on any atom is -0.368 e. The number of nitrogens with one attached hydrogen (secondary N) is 2. The van der Waals surface area contributed by atoms with Crippen molar-refractivity contribution in [2.24, 2.45) is 0 Å². The van der Waals surface area contributed by atoms with E-state index in [1.165, 1.54) is 12.8 Å². The summed E-state index contributed by atoms with van der Waals surface area (Å²) in [5.74, 6) is 0.926. The number of hydrogen-bond donors (Lipinski definition) is 3. The van der Waals surface area contributed by atoms with Gasteiger partial charge in [0, 0.05) is 19.1 Å². The number of aromatic nitrogens is 3. The second kappa shape index (κ2) is 3.83. The van der Waals surface area contributed by atoms with Crippen molar-refractivity contribution < 1.29 is 0 Å². The van der Waals surface area contributed by atoms with Crippen LogP contribution in [0, 0.1) is 0 Å². The highest BCUT2D eigenvalue weighted by Gasteiger charge is 2.25. The van der Waals surface area contributed by atoms with Crippen LogP contribution in [0.1, 0.15) is 12.8 Å². The van der Waals surface area contributed by atoms with E-state index >= 15 is 0 Å². The van der Waals surface area contributed by atoms with Crippen molar-refractivity contribution in [2.45, 2.75) is 18.9 Å². The van der Waals surface area contributed by atoms with Gasteiger partial charge in [-0.25, -0.2) is 5.10 Å². The second-order valence-corrected chi connectivity index (χ2v) is 3.68. The molecule has 0 radical (unpaired) electrons. The minimum absolute atomic E-state index is 0.350. The highest BCUT2D eigenvalue weighted by Crippen LogP contribution is 2.24. The van der Waals surface area contributed by atoms with Crippen LogP contribution in [0.3, 0.4) is 0 Å². The predicted molar refractivity (Wildman–Crippen MR) is 54.9 cm³/mol. The Labute approximate surface area is 82.9 Å². The fourth-order valence-electron chi connectivity index (χ4n) is 1.40. The summed E-state index contributed by atoms with van der Waals surface area (Å²) in [7, 11) is 2.14. The summed E-state index contributed by atoms with van der Waals surface area (Å²) in [6, 6.07) is 0.800. The summed E-state index contributed by atoms with van der Waals surface area (Å²) in [5, 5.41) is 9.57. The topological polar surface area (TPSA) is 82.9 Å². The Morgan fingerprint density at radius 3 is 3.00 bits per heavy atom. The molecular formula is C8H16N6. The standard InChI is InChI=1S/C8H16N6/c1-14(6-2-3-6)5-4-10-8-11-7(9)12-13-8/h6H,2-5H2,1H3,(H4,9,10,11,12,13). The summed E-state index contributed by atoms with van der Waals surface area (Å²) >= 11 is 0. The number of likely N-dealkylation sites (N-methyl/N-ethyl adjacent to an activating group) is 1. The Morgan fingerprint density at radius 2 is 2.43 bits per heavy atom. The second-order valence-electron chi connectivity index (χ2n) is 3.68. The number of nitrogen functional groups attached to an aromatic ring is 1. The van der Waals surface area contributed by atoms with E-state index in [4.69, 9.17) is 5.73 Å². The number of aromatic amines is 1. The average molecular weight is 196 g/mol. The molecule has 0 unspecified atom stereocenters. The van der Waals surface area contributed by atoms with Crippen molar-refractivity contribution in [3.05, 3.63) is 0 Å². The van der Waals surface area contributed by atoms with E-state index in [1.54, 1.807) is 0 Å². The molecule has 6 heteroatoms. The van der Waals surface area contributed by atoms with Gasteiger partial charge in [-0.05, 0) is 19.9 Å². The van der Waals surface area contributed by atoms with Gasteiger partial charge in [-0.2, -0.15) is 4.98 Å². The van der Waals surface area contributed by atoms with Crippen molar-refractivity contribution in [1.29, 1.82) is 0 Å². The number of anilines is 2. The zero-order valence-corrected chi connectivity index (χ0v) is 8.32. The first-order valence-electron chi connectivity index (χ1n) is 4.87. The largest absolute Gasteiger partial charge is 0.368 e. The molecule has 1 aromatic heterocycles. The Hall–Kier alpha value is -1.30. The lowest BCUT2D eigenvalue weighted by molar-refractivity contribution is 0.337. The molecule has 1 heterocycles. The lowest BCUT2D eigenvalue weighted by Gasteiger charge is -2.14. The molecule has 0 amide bonds. The molecule has 1 saturated carbocycles. The van der Waals surface area contributed by atoms with Gasteiger partial charge in [-0.3, -0.25) is 0 Å². The molecule has 0 spiro atoms. The van der Waals surface area contributed by atoms with Crippen molar-refractivity contribution in [2.75, 3.05) is 31.2 Å². The van der Waals surface area contributed by atoms with Gasteiger partial charge in [-0.15, -0.1) is 5.10 Å². The Morgan fingerprint density at radius 1 is 1.64 bits per heavy atom. The highest BCUT2D eigenvalue weighted by molar-refractivity contribution is 5.29. The van der Waals surface area contributed by atoms with E-state index < -0.39 is 0 Å². The molecule has 2 rings (SSSR count). The Balaban J connectivity index is 1.67. The summed E-state index contributed by atoms with van der Waals surface area (Å²) in [5.41, 5.74) is 5.39. The number of hydrogen-bond acceptors (Lipinski definition) is 5. The Bertz CT molecular complexity index is 292. The molecule has 6 nitrogen and oxygen atoms in total. The Kier molecular flexibility index (Phi) is 2.53. The summed E-state index contributed by atoms with van der Waals surface area (Å²) in [4.78, 5) is 6.30. The van der Waals surface area contributed by atoms with Gasteiger partial charge >= 0.3 is 0 Å². The van der Waals surface area contributed by atoms with Crippen LogP contribution in [0.25, 0.3) is 0 Å². The summed E-state index contributed by atoms with van der Waals surface area (Å²) < 4.78 is 0. The summed E-state index contributed by atoms with van der Waals surface area (Å²) in [6.07, 6.45) is 2.67. The third-order valence-electron chi connectivity index (χ3n) is 2.42.